The lowest BCUT2D eigenvalue weighted by atomic mass is 10.0. The predicted octanol–water partition coefficient (Wildman–Crippen LogP) is 2.53. The van der Waals surface area contributed by atoms with Crippen molar-refractivity contribution in [1.82, 2.24) is 10.6 Å². The lowest BCUT2D eigenvalue weighted by Crippen LogP contribution is -2.29. The van der Waals surface area contributed by atoms with Crippen molar-refractivity contribution in [2.45, 2.75) is 32.2 Å². The minimum absolute atomic E-state index is 0.147. The van der Waals surface area contributed by atoms with E-state index in [1.807, 2.05) is 14.0 Å². The van der Waals surface area contributed by atoms with Crippen LogP contribution in [0, 0.1) is 11.6 Å². The molecule has 1 amide bonds. The van der Waals surface area contributed by atoms with Crippen molar-refractivity contribution in [1.29, 1.82) is 0 Å². The molecular weight excluding hydrogens is 250 g/mol. The van der Waals surface area contributed by atoms with E-state index >= 15 is 0 Å². The zero-order chi connectivity index (χ0) is 14.3. The predicted molar refractivity (Wildman–Crippen MR) is 70.7 cm³/mol. The summed E-state index contributed by atoms with van der Waals surface area (Å²) in [7, 11) is 1.81. The molecule has 106 valence electrons. The lowest BCUT2D eigenvalue weighted by molar-refractivity contribution is -0.122. The molecule has 2 N–H and O–H groups in total. The van der Waals surface area contributed by atoms with Gasteiger partial charge in [-0.2, -0.15) is 0 Å². The second kappa shape index (κ2) is 7.84. The van der Waals surface area contributed by atoms with Crippen molar-refractivity contribution in [3.05, 3.63) is 35.4 Å². The van der Waals surface area contributed by atoms with Gasteiger partial charge in [0.25, 0.3) is 0 Å². The molecule has 0 radical (unpaired) electrons. The molecule has 5 heteroatoms. The standard InChI is InChI=1S/C14H20F2N2O/c1-3-13(18-14(19)5-4-8-17-2)11-9-10(15)6-7-12(11)16/h6-7,9,13,17H,3-5,8H2,1-2H3,(H,18,19). The molecule has 1 aromatic carbocycles. The van der Waals surface area contributed by atoms with E-state index in [1.165, 1.54) is 0 Å². The van der Waals surface area contributed by atoms with Crippen LogP contribution in [0.5, 0.6) is 0 Å². The third kappa shape index (κ3) is 4.95. The molecule has 0 fully saturated rings. The molecule has 0 saturated heterocycles. The molecule has 19 heavy (non-hydrogen) atoms. The minimum atomic E-state index is -0.501. The van der Waals surface area contributed by atoms with Crippen LogP contribution >= 0.6 is 0 Å². The maximum absolute atomic E-state index is 13.6. The molecule has 0 spiro atoms. The molecule has 1 unspecified atom stereocenters. The van der Waals surface area contributed by atoms with Gasteiger partial charge in [0, 0.05) is 12.0 Å². The molecule has 0 aliphatic carbocycles. The van der Waals surface area contributed by atoms with Crippen molar-refractivity contribution < 1.29 is 13.6 Å². The van der Waals surface area contributed by atoms with Gasteiger partial charge in [-0.15, -0.1) is 0 Å². The van der Waals surface area contributed by atoms with Gasteiger partial charge in [0.05, 0.1) is 6.04 Å². The molecule has 1 rings (SSSR count). The Bertz CT molecular complexity index is 424. The van der Waals surface area contributed by atoms with Crippen LogP contribution in [0.2, 0.25) is 0 Å². The molecule has 0 aromatic heterocycles. The summed E-state index contributed by atoms with van der Waals surface area (Å²) >= 11 is 0. The van der Waals surface area contributed by atoms with Crippen molar-refractivity contribution in [2.24, 2.45) is 0 Å². The first-order valence-corrected chi connectivity index (χ1v) is 6.47. The first-order valence-electron chi connectivity index (χ1n) is 6.47. The Morgan fingerprint density at radius 1 is 1.37 bits per heavy atom. The number of rotatable bonds is 7. The molecule has 0 bridgehead atoms. The van der Waals surface area contributed by atoms with Crippen molar-refractivity contribution in [3.63, 3.8) is 0 Å². The molecule has 1 atom stereocenters. The maximum atomic E-state index is 13.6. The summed E-state index contributed by atoms with van der Waals surface area (Å²) in [5.74, 6) is -1.14. The molecule has 1 aromatic rings. The summed E-state index contributed by atoms with van der Waals surface area (Å²) in [4.78, 5) is 11.7. The highest BCUT2D eigenvalue weighted by Gasteiger charge is 2.17. The average molecular weight is 270 g/mol. The average Bonchev–Trinajstić information content (AvgIpc) is 2.39. The van der Waals surface area contributed by atoms with Gasteiger partial charge in [-0.1, -0.05) is 6.92 Å². The number of carbonyl (C=O) groups is 1. The quantitative estimate of drug-likeness (QED) is 0.748. The molecule has 0 aliphatic heterocycles. The smallest absolute Gasteiger partial charge is 0.220 e. The second-order valence-electron chi connectivity index (χ2n) is 4.40. The van der Waals surface area contributed by atoms with E-state index < -0.39 is 17.7 Å². The fourth-order valence-electron chi connectivity index (χ4n) is 1.87. The first kappa shape index (κ1) is 15.6. The third-order valence-electron chi connectivity index (χ3n) is 2.91. The molecule has 3 nitrogen and oxygen atoms in total. The van der Waals surface area contributed by atoms with Gasteiger partial charge in [0.2, 0.25) is 5.91 Å². The fourth-order valence-corrected chi connectivity index (χ4v) is 1.87. The highest BCUT2D eigenvalue weighted by Crippen LogP contribution is 2.21. The van der Waals surface area contributed by atoms with Gasteiger partial charge in [-0.3, -0.25) is 4.79 Å². The lowest BCUT2D eigenvalue weighted by Gasteiger charge is -2.18. The summed E-state index contributed by atoms with van der Waals surface area (Å²) in [6.45, 7) is 2.57. The van der Waals surface area contributed by atoms with Gasteiger partial charge in [0.15, 0.2) is 0 Å². The van der Waals surface area contributed by atoms with E-state index in [0.29, 0.717) is 19.3 Å². The summed E-state index contributed by atoms with van der Waals surface area (Å²) < 4.78 is 26.8. The van der Waals surface area contributed by atoms with Gasteiger partial charge in [-0.05, 0) is 44.6 Å². The van der Waals surface area contributed by atoms with E-state index in [2.05, 4.69) is 10.6 Å². The van der Waals surface area contributed by atoms with Crippen molar-refractivity contribution in [3.8, 4) is 0 Å². The Balaban J connectivity index is 2.67. The number of halogens is 2. The van der Waals surface area contributed by atoms with Crippen molar-refractivity contribution >= 4 is 5.91 Å². The number of nitrogens with one attached hydrogen (secondary N) is 2. The monoisotopic (exact) mass is 270 g/mol. The topological polar surface area (TPSA) is 41.1 Å². The number of amides is 1. The number of carbonyl (C=O) groups excluding carboxylic acids is 1. The summed E-state index contributed by atoms with van der Waals surface area (Å²) in [6.07, 6.45) is 1.59. The zero-order valence-electron chi connectivity index (χ0n) is 11.3. The normalized spacial score (nSPS) is 12.2. The Morgan fingerprint density at radius 2 is 2.11 bits per heavy atom. The van der Waals surface area contributed by atoms with Crippen LogP contribution in [0.1, 0.15) is 37.8 Å². The molecule has 0 heterocycles. The second-order valence-corrected chi connectivity index (χ2v) is 4.40. The highest BCUT2D eigenvalue weighted by molar-refractivity contribution is 5.76. The Morgan fingerprint density at radius 3 is 2.74 bits per heavy atom. The van der Waals surface area contributed by atoms with Crippen LogP contribution in [0.25, 0.3) is 0 Å². The van der Waals surface area contributed by atoms with E-state index in [1.54, 1.807) is 0 Å². The van der Waals surface area contributed by atoms with Crippen LogP contribution in [0.3, 0.4) is 0 Å². The van der Waals surface area contributed by atoms with E-state index in [0.717, 1.165) is 24.7 Å². The van der Waals surface area contributed by atoms with Gasteiger partial charge in [-0.25, -0.2) is 8.78 Å². The highest BCUT2D eigenvalue weighted by atomic mass is 19.1. The van der Waals surface area contributed by atoms with Gasteiger partial charge >= 0.3 is 0 Å². The van der Waals surface area contributed by atoms with Crippen LogP contribution in [0.15, 0.2) is 18.2 Å². The molecule has 0 saturated carbocycles. The summed E-state index contributed by atoms with van der Waals surface area (Å²) in [5, 5.41) is 5.69. The van der Waals surface area contributed by atoms with Crippen molar-refractivity contribution in [2.75, 3.05) is 13.6 Å². The number of hydrogen-bond acceptors (Lipinski definition) is 2. The fraction of sp³-hybridized carbons (Fsp3) is 0.500. The van der Waals surface area contributed by atoms with Crippen LogP contribution < -0.4 is 10.6 Å². The SMILES string of the molecule is CCC(NC(=O)CCCNC)c1cc(F)ccc1F. The Labute approximate surface area is 112 Å². The van der Waals surface area contributed by atoms with E-state index in [-0.39, 0.29) is 11.5 Å². The largest absolute Gasteiger partial charge is 0.349 e. The molecule has 0 aliphatic rings. The summed E-state index contributed by atoms with van der Waals surface area (Å²) in [5.41, 5.74) is 0.199. The first-order chi connectivity index (χ1) is 9.08. The Kier molecular flexibility index (Phi) is 6.42. The number of benzene rings is 1. The Hall–Kier alpha value is -1.49. The van der Waals surface area contributed by atoms with Crippen LogP contribution in [0.4, 0.5) is 8.78 Å². The van der Waals surface area contributed by atoms with Crippen LogP contribution in [-0.4, -0.2) is 19.5 Å². The minimum Gasteiger partial charge on any atom is -0.349 e. The maximum Gasteiger partial charge on any atom is 0.220 e. The molecular formula is C14H20F2N2O. The van der Waals surface area contributed by atoms with Gasteiger partial charge < -0.3 is 10.6 Å². The zero-order valence-corrected chi connectivity index (χ0v) is 11.3. The summed E-state index contributed by atoms with van der Waals surface area (Å²) in [6, 6.07) is 2.80. The third-order valence-corrected chi connectivity index (χ3v) is 2.91. The van der Waals surface area contributed by atoms with Crippen LogP contribution in [-0.2, 0) is 4.79 Å². The van der Waals surface area contributed by atoms with E-state index in [9.17, 15) is 13.6 Å². The van der Waals surface area contributed by atoms with Gasteiger partial charge in [0.1, 0.15) is 11.6 Å². The number of hydrogen-bond donors (Lipinski definition) is 2. The van der Waals surface area contributed by atoms with E-state index in [4.69, 9.17) is 0 Å².